The van der Waals surface area contributed by atoms with Crippen LogP contribution >= 0.6 is 11.7 Å². The van der Waals surface area contributed by atoms with E-state index in [0.717, 1.165) is 17.5 Å². The van der Waals surface area contributed by atoms with Crippen LogP contribution in [0.4, 0.5) is 0 Å². The van der Waals surface area contributed by atoms with Gasteiger partial charge in [-0.15, -0.1) is 0 Å². The summed E-state index contributed by atoms with van der Waals surface area (Å²) in [5.74, 6) is 0.305. The van der Waals surface area contributed by atoms with Gasteiger partial charge in [-0.3, -0.25) is 0 Å². The highest BCUT2D eigenvalue weighted by Crippen LogP contribution is 2.16. The Hall–Kier alpha value is -1.00. The molecule has 14 heavy (non-hydrogen) atoms. The molecule has 0 amide bonds. The predicted octanol–water partition coefficient (Wildman–Crippen LogP) is 1.86. The standard InChI is InChI=1S/C10H12N2OS/c1-7(6-13)4-8-2-3-9-10(5-8)12-14-11-9/h2-3,5,7,13H,4,6H2,1H3/t7-/m0/s1. The molecule has 0 saturated carbocycles. The Bertz CT molecular complexity index is 427. The van der Waals surface area contributed by atoms with Crippen LogP contribution in [-0.4, -0.2) is 20.5 Å². The van der Waals surface area contributed by atoms with Crippen LogP contribution < -0.4 is 0 Å². The maximum atomic E-state index is 8.94. The van der Waals surface area contributed by atoms with Crippen molar-refractivity contribution in [2.24, 2.45) is 5.92 Å². The fourth-order valence-electron chi connectivity index (χ4n) is 1.42. The van der Waals surface area contributed by atoms with Crippen molar-refractivity contribution in [3.63, 3.8) is 0 Å². The molecular formula is C10H12N2OS. The molecule has 1 heterocycles. The second-order valence-corrected chi connectivity index (χ2v) is 4.11. The van der Waals surface area contributed by atoms with Gasteiger partial charge in [0.1, 0.15) is 11.0 Å². The zero-order valence-corrected chi connectivity index (χ0v) is 8.79. The maximum absolute atomic E-state index is 8.94. The Morgan fingerprint density at radius 1 is 1.36 bits per heavy atom. The number of rotatable bonds is 3. The van der Waals surface area contributed by atoms with Gasteiger partial charge in [0.2, 0.25) is 0 Å². The molecule has 1 N–H and O–H groups in total. The second-order valence-electron chi connectivity index (χ2n) is 3.58. The smallest absolute Gasteiger partial charge is 0.105 e. The van der Waals surface area contributed by atoms with Crippen molar-refractivity contribution in [3.8, 4) is 0 Å². The number of nitrogens with zero attached hydrogens (tertiary/aromatic N) is 2. The van der Waals surface area contributed by atoms with Crippen molar-refractivity contribution in [2.75, 3.05) is 6.61 Å². The summed E-state index contributed by atoms with van der Waals surface area (Å²) in [6, 6.07) is 6.08. The van der Waals surface area contributed by atoms with E-state index in [-0.39, 0.29) is 6.61 Å². The highest BCUT2D eigenvalue weighted by molar-refractivity contribution is 7.00. The quantitative estimate of drug-likeness (QED) is 0.837. The number of aromatic nitrogens is 2. The van der Waals surface area contributed by atoms with Crippen LogP contribution in [0.1, 0.15) is 12.5 Å². The minimum atomic E-state index is 0.230. The lowest BCUT2D eigenvalue weighted by atomic mass is 10.0. The molecule has 0 aliphatic rings. The van der Waals surface area contributed by atoms with Gasteiger partial charge in [-0.05, 0) is 30.0 Å². The third-order valence-electron chi connectivity index (χ3n) is 2.21. The first-order chi connectivity index (χ1) is 6.79. The van der Waals surface area contributed by atoms with Gasteiger partial charge in [-0.25, -0.2) is 0 Å². The average Bonchev–Trinajstić information content (AvgIpc) is 2.64. The molecule has 2 rings (SSSR count). The first-order valence-electron chi connectivity index (χ1n) is 4.61. The van der Waals surface area contributed by atoms with Crippen molar-refractivity contribution in [3.05, 3.63) is 23.8 Å². The molecule has 0 fully saturated rings. The zero-order chi connectivity index (χ0) is 9.97. The number of aliphatic hydroxyl groups is 1. The van der Waals surface area contributed by atoms with Crippen LogP contribution in [0.15, 0.2) is 18.2 Å². The highest BCUT2D eigenvalue weighted by Gasteiger charge is 2.04. The van der Waals surface area contributed by atoms with Crippen molar-refractivity contribution in [1.29, 1.82) is 0 Å². The van der Waals surface area contributed by atoms with Crippen molar-refractivity contribution >= 4 is 22.8 Å². The molecular weight excluding hydrogens is 196 g/mol. The Morgan fingerprint density at radius 2 is 2.14 bits per heavy atom. The van der Waals surface area contributed by atoms with Crippen LogP contribution in [0, 0.1) is 5.92 Å². The van der Waals surface area contributed by atoms with Gasteiger partial charge in [0.05, 0.1) is 11.7 Å². The molecule has 2 aromatic rings. The van der Waals surface area contributed by atoms with Crippen molar-refractivity contribution < 1.29 is 5.11 Å². The minimum absolute atomic E-state index is 0.230. The fraction of sp³-hybridized carbons (Fsp3) is 0.400. The molecule has 1 aromatic heterocycles. The van der Waals surface area contributed by atoms with E-state index < -0.39 is 0 Å². The molecule has 0 saturated heterocycles. The number of benzene rings is 1. The van der Waals surface area contributed by atoms with E-state index >= 15 is 0 Å². The molecule has 0 radical (unpaired) electrons. The van der Waals surface area contributed by atoms with Gasteiger partial charge in [0, 0.05) is 6.61 Å². The minimum Gasteiger partial charge on any atom is -0.396 e. The first-order valence-corrected chi connectivity index (χ1v) is 5.34. The predicted molar refractivity (Wildman–Crippen MR) is 57.4 cm³/mol. The molecule has 1 atom stereocenters. The summed E-state index contributed by atoms with van der Waals surface area (Å²) in [6.07, 6.45) is 0.893. The van der Waals surface area contributed by atoms with Crippen molar-refractivity contribution in [1.82, 2.24) is 8.75 Å². The van der Waals surface area contributed by atoms with Gasteiger partial charge in [0.15, 0.2) is 0 Å². The third kappa shape index (κ3) is 1.91. The van der Waals surface area contributed by atoms with Gasteiger partial charge in [0.25, 0.3) is 0 Å². The SMILES string of the molecule is C[C@H](CO)Cc1ccc2nsnc2c1. The van der Waals surface area contributed by atoms with Gasteiger partial charge in [-0.2, -0.15) is 8.75 Å². The summed E-state index contributed by atoms with van der Waals surface area (Å²) in [7, 11) is 0. The monoisotopic (exact) mass is 208 g/mol. The average molecular weight is 208 g/mol. The van der Waals surface area contributed by atoms with E-state index in [1.165, 1.54) is 17.3 Å². The van der Waals surface area contributed by atoms with Crippen molar-refractivity contribution in [2.45, 2.75) is 13.3 Å². The molecule has 0 aliphatic heterocycles. The molecule has 4 heteroatoms. The molecule has 0 spiro atoms. The lowest BCUT2D eigenvalue weighted by Crippen LogP contribution is -2.04. The topological polar surface area (TPSA) is 46.0 Å². The fourth-order valence-corrected chi connectivity index (χ4v) is 1.94. The van der Waals surface area contributed by atoms with Crippen LogP contribution in [-0.2, 0) is 6.42 Å². The summed E-state index contributed by atoms with van der Waals surface area (Å²) in [6.45, 7) is 2.26. The van der Waals surface area contributed by atoms with Gasteiger partial charge in [-0.1, -0.05) is 13.0 Å². The molecule has 0 aliphatic carbocycles. The van der Waals surface area contributed by atoms with Crippen LogP contribution in [0.3, 0.4) is 0 Å². The molecule has 74 valence electrons. The molecule has 1 aromatic carbocycles. The normalized spacial score (nSPS) is 13.3. The summed E-state index contributed by atoms with van der Waals surface area (Å²) in [4.78, 5) is 0. The van der Waals surface area contributed by atoms with E-state index in [1.807, 2.05) is 19.1 Å². The van der Waals surface area contributed by atoms with Crippen LogP contribution in [0.5, 0.6) is 0 Å². The van der Waals surface area contributed by atoms with E-state index in [0.29, 0.717) is 5.92 Å². The number of aliphatic hydroxyl groups excluding tert-OH is 1. The van der Waals surface area contributed by atoms with Gasteiger partial charge < -0.3 is 5.11 Å². The summed E-state index contributed by atoms with van der Waals surface area (Å²) in [5, 5.41) is 8.94. The second kappa shape index (κ2) is 4.02. The molecule has 0 unspecified atom stereocenters. The largest absolute Gasteiger partial charge is 0.396 e. The van der Waals surface area contributed by atoms with E-state index in [9.17, 15) is 0 Å². The third-order valence-corrected chi connectivity index (χ3v) is 2.77. The maximum Gasteiger partial charge on any atom is 0.105 e. The lowest BCUT2D eigenvalue weighted by molar-refractivity contribution is 0.237. The van der Waals surface area contributed by atoms with E-state index in [4.69, 9.17) is 5.11 Å². The van der Waals surface area contributed by atoms with Crippen LogP contribution in [0.2, 0.25) is 0 Å². The Balaban J connectivity index is 2.25. The number of hydrogen-bond acceptors (Lipinski definition) is 4. The zero-order valence-electron chi connectivity index (χ0n) is 7.97. The lowest BCUT2D eigenvalue weighted by Gasteiger charge is -2.06. The highest BCUT2D eigenvalue weighted by atomic mass is 32.1. The van der Waals surface area contributed by atoms with E-state index in [2.05, 4.69) is 14.8 Å². The Labute approximate surface area is 86.7 Å². The first kappa shape index (κ1) is 9.55. The van der Waals surface area contributed by atoms with Crippen LogP contribution in [0.25, 0.3) is 11.0 Å². The summed E-state index contributed by atoms with van der Waals surface area (Å²) in [5.41, 5.74) is 3.12. The Kier molecular flexibility index (Phi) is 2.74. The summed E-state index contributed by atoms with van der Waals surface area (Å²) < 4.78 is 8.32. The number of fused-ring (bicyclic) bond motifs is 1. The number of hydrogen-bond donors (Lipinski definition) is 1. The summed E-state index contributed by atoms with van der Waals surface area (Å²) >= 11 is 1.24. The molecule has 3 nitrogen and oxygen atoms in total. The van der Waals surface area contributed by atoms with E-state index in [1.54, 1.807) is 0 Å². The Morgan fingerprint density at radius 3 is 2.93 bits per heavy atom. The van der Waals surface area contributed by atoms with Gasteiger partial charge >= 0.3 is 0 Å². The molecule has 0 bridgehead atoms.